The maximum absolute atomic E-state index is 2.42. The van der Waals surface area contributed by atoms with E-state index in [0.29, 0.717) is 0 Å². The molecule has 0 radical (unpaired) electrons. The highest BCUT2D eigenvalue weighted by atomic mass is 15.0. The number of fused-ring (bicyclic) bond motifs is 6. The molecule has 0 spiro atoms. The average molecular weight is 499 g/mol. The Labute approximate surface area is 227 Å². The van der Waals surface area contributed by atoms with E-state index in [2.05, 4.69) is 156 Å². The summed E-state index contributed by atoms with van der Waals surface area (Å²) in [5.41, 5.74) is 11.0. The molecule has 39 heavy (non-hydrogen) atoms. The highest BCUT2D eigenvalue weighted by Crippen LogP contribution is 2.39. The molecular weight excluding hydrogens is 472 g/mol. The van der Waals surface area contributed by atoms with Crippen molar-refractivity contribution in [3.63, 3.8) is 0 Å². The summed E-state index contributed by atoms with van der Waals surface area (Å²) in [6.07, 6.45) is 0. The van der Waals surface area contributed by atoms with Crippen LogP contribution in [0.25, 0.3) is 66.1 Å². The lowest BCUT2D eigenvalue weighted by Gasteiger charge is -2.15. The van der Waals surface area contributed by atoms with Gasteiger partial charge in [-0.25, -0.2) is 0 Å². The van der Waals surface area contributed by atoms with E-state index in [1.807, 2.05) is 0 Å². The number of para-hydroxylation sites is 5. The Hall–Kier alpha value is -5.08. The Morgan fingerprint density at radius 3 is 1.49 bits per heavy atom. The summed E-state index contributed by atoms with van der Waals surface area (Å²) in [6.45, 7) is 2.19. The lowest BCUT2D eigenvalue weighted by atomic mass is 10.0. The Balaban J connectivity index is 1.42. The molecule has 0 atom stereocenters. The summed E-state index contributed by atoms with van der Waals surface area (Å²) < 4.78 is 4.82. The third-order valence-electron chi connectivity index (χ3n) is 8.06. The van der Waals surface area contributed by atoms with Crippen LogP contribution >= 0.6 is 0 Å². The zero-order valence-corrected chi connectivity index (χ0v) is 21.7. The Bertz CT molecular complexity index is 2140. The van der Waals surface area contributed by atoms with E-state index in [0.717, 1.165) is 0 Å². The largest absolute Gasteiger partial charge is 0.309 e. The second kappa shape index (κ2) is 8.47. The lowest BCUT2D eigenvalue weighted by Crippen LogP contribution is -1.97. The predicted octanol–water partition coefficient (Wildman–Crippen LogP) is 9.86. The Morgan fingerprint density at radius 1 is 0.385 bits per heavy atom. The van der Waals surface area contributed by atoms with Gasteiger partial charge in [0.25, 0.3) is 0 Å². The molecule has 0 amide bonds. The zero-order valence-electron chi connectivity index (χ0n) is 21.7. The smallest absolute Gasteiger partial charge is 0.0541 e. The fourth-order valence-electron chi connectivity index (χ4n) is 6.31. The van der Waals surface area contributed by atoms with Crippen LogP contribution in [0.5, 0.6) is 0 Å². The molecule has 0 aliphatic carbocycles. The van der Waals surface area contributed by atoms with Crippen molar-refractivity contribution < 1.29 is 0 Å². The van der Waals surface area contributed by atoms with Crippen molar-refractivity contribution in [1.82, 2.24) is 9.13 Å². The summed E-state index contributed by atoms with van der Waals surface area (Å²) in [5.74, 6) is 0. The van der Waals surface area contributed by atoms with Gasteiger partial charge in [0, 0.05) is 32.8 Å². The molecule has 6 aromatic carbocycles. The quantitative estimate of drug-likeness (QED) is 0.229. The standard InChI is InChI=1S/C37H26N2/c1-25-12-2-7-17-32(25)38-36-21-11-6-16-30(36)31-24-26(22-23-37(31)38)27-13-3-8-18-33(27)39-34-19-9-4-14-28(34)29-15-5-10-20-35(29)39/h2-24H,1H3. The van der Waals surface area contributed by atoms with Crippen LogP contribution in [0.3, 0.4) is 0 Å². The fourth-order valence-corrected chi connectivity index (χ4v) is 6.31. The van der Waals surface area contributed by atoms with Crippen LogP contribution in [0.15, 0.2) is 140 Å². The second-order valence-corrected chi connectivity index (χ2v) is 10.3. The first-order chi connectivity index (χ1) is 19.3. The summed E-state index contributed by atoms with van der Waals surface area (Å²) in [6, 6.07) is 50.5. The van der Waals surface area contributed by atoms with E-state index in [9.17, 15) is 0 Å². The number of aromatic nitrogens is 2. The molecule has 2 aromatic heterocycles. The lowest BCUT2D eigenvalue weighted by molar-refractivity contribution is 1.15. The second-order valence-electron chi connectivity index (χ2n) is 10.3. The maximum atomic E-state index is 2.42. The molecule has 2 nitrogen and oxygen atoms in total. The van der Waals surface area contributed by atoms with E-state index in [1.165, 1.54) is 71.7 Å². The number of nitrogens with zero attached hydrogens (tertiary/aromatic N) is 2. The minimum atomic E-state index is 1.19. The molecule has 184 valence electrons. The molecule has 8 aromatic rings. The van der Waals surface area contributed by atoms with Gasteiger partial charge in [0.05, 0.1) is 27.8 Å². The predicted molar refractivity (Wildman–Crippen MR) is 165 cm³/mol. The van der Waals surface area contributed by atoms with Crippen molar-refractivity contribution in [2.45, 2.75) is 6.92 Å². The number of rotatable bonds is 3. The molecule has 0 aliphatic heterocycles. The molecule has 0 N–H and O–H groups in total. The number of benzene rings is 6. The van der Waals surface area contributed by atoms with Gasteiger partial charge in [-0.3, -0.25) is 0 Å². The highest BCUT2D eigenvalue weighted by Gasteiger charge is 2.17. The minimum Gasteiger partial charge on any atom is -0.309 e. The van der Waals surface area contributed by atoms with Crippen molar-refractivity contribution in [1.29, 1.82) is 0 Å². The van der Waals surface area contributed by atoms with Crippen LogP contribution < -0.4 is 0 Å². The van der Waals surface area contributed by atoms with Gasteiger partial charge in [-0.15, -0.1) is 0 Å². The summed E-state index contributed by atoms with van der Waals surface area (Å²) in [5, 5.41) is 5.09. The van der Waals surface area contributed by atoms with Crippen LogP contribution in [0.2, 0.25) is 0 Å². The molecule has 2 heteroatoms. The molecule has 0 aliphatic rings. The van der Waals surface area contributed by atoms with Gasteiger partial charge in [0.15, 0.2) is 0 Å². The number of hydrogen-bond donors (Lipinski definition) is 0. The van der Waals surface area contributed by atoms with Crippen molar-refractivity contribution in [2.24, 2.45) is 0 Å². The van der Waals surface area contributed by atoms with Gasteiger partial charge in [0.1, 0.15) is 0 Å². The van der Waals surface area contributed by atoms with Gasteiger partial charge in [-0.2, -0.15) is 0 Å². The summed E-state index contributed by atoms with van der Waals surface area (Å²) in [4.78, 5) is 0. The van der Waals surface area contributed by atoms with Crippen LogP contribution in [-0.4, -0.2) is 9.13 Å². The number of hydrogen-bond acceptors (Lipinski definition) is 0. The van der Waals surface area contributed by atoms with Gasteiger partial charge in [0.2, 0.25) is 0 Å². The van der Waals surface area contributed by atoms with Gasteiger partial charge in [-0.05, 0) is 60.5 Å². The highest BCUT2D eigenvalue weighted by molar-refractivity contribution is 6.12. The van der Waals surface area contributed by atoms with Crippen LogP contribution in [-0.2, 0) is 0 Å². The van der Waals surface area contributed by atoms with Gasteiger partial charge in [-0.1, -0.05) is 97.1 Å². The molecule has 0 fully saturated rings. The van der Waals surface area contributed by atoms with Crippen molar-refractivity contribution in [3.8, 4) is 22.5 Å². The van der Waals surface area contributed by atoms with Crippen LogP contribution in [0, 0.1) is 6.92 Å². The summed E-state index contributed by atoms with van der Waals surface area (Å²) in [7, 11) is 0. The summed E-state index contributed by atoms with van der Waals surface area (Å²) >= 11 is 0. The third-order valence-corrected chi connectivity index (χ3v) is 8.06. The van der Waals surface area contributed by atoms with Crippen molar-refractivity contribution in [2.75, 3.05) is 0 Å². The van der Waals surface area contributed by atoms with E-state index >= 15 is 0 Å². The zero-order chi connectivity index (χ0) is 25.9. The first kappa shape index (κ1) is 22.0. The topological polar surface area (TPSA) is 9.86 Å². The molecular formula is C37H26N2. The van der Waals surface area contributed by atoms with Crippen LogP contribution in [0.4, 0.5) is 0 Å². The Morgan fingerprint density at radius 2 is 0.846 bits per heavy atom. The molecule has 0 unspecified atom stereocenters. The molecule has 0 bridgehead atoms. The Kier molecular flexibility index (Phi) is 4.77. The average Bonchev–Trinajstić information content (AvgIpc) is 3.50. The molecule has 8 rings (SSSR count). The van der Waals surface area contributed by atoms with E-state index in [1.54, 1.807) is 0 Å². The monoisotopic (exact) mass is 498 g/mol. The maximum Gasteiger partial charge on any atom is 0.0541 e. The molecule has 2 heterocycles. The number of aryl methyl sites for hydroxylation is 1. The first-order valence-corrected chi connectivity index (χ1v) is 13.5. The normalized spacial score (nSPS) is 11.7. The van der Waals surface area contributed by atoms with Gasteiger partial charge >= 0.3 is 0 Å². The first-order valence-electron chi connectivity index (χ1n) is 13.5. The third kappa shape index (κ3) is 3.22. The molecule has 0 saturated carbocycles. The minimum absolute atomic E-state index is 1.19. The van der Waals surface area contributed by atoms with E-state index < -0.39 is 0 Å². The van der Waals surface area contributed by atoms with E-state index in [4.69, 9.17) is 0 Å². The van der Waals surface area contributed by atoms with E-state index in [-0.39, 0.29) is 0 Å². The fraction of sp³-hybridized carbons (Fsp3) is 0.0270. The van der Waals surface area contributed by atoms with Gasteiger partial charge < -0.3 is 9.13 Å². The van der Waals surface area contributed by atoms with Crippen LogP contribution in [0.1, 0.15) is 5.56 Å². The SMILES string of the molecule is Cc1ccccc1-n1c2ccccc2c2cc(-c3ccccc3-n3c4ccccc4c4ccccc43)ccc21. The van der Waals surface area contributed by atoms with Crippen molar-refractivity contribution in [3.05, 3.63) is 145 Å². The van der Waals surface area contributed by atoms with Crippen molar-refractivity contribution >= 4 is 43.6 Å². The molecule has 0 saturated heterocycles.